The number of ether oxygens (including phenoxy) is 1. The quantitative estimate of drug-likeness (QED) is 0.717. The average molecular weight is 270 g/mol. The van der Waals surface area contributed by atoms with Crippen molar-refractivity contribution >= 4 is 0 Å². The molecule has 20 heavy (non-hydrogen) atoms. The van der Waals surface area contributed by atoms with Gasteiger partial charge in [-0.2, -0.15) is 0 Å². The standard InChI is InChI=1S/C19H26O/c1-13-8-10-19-9-4-3-5-17(19)16(13)11-14-6-7-15(20-2)12-18(14)19/h6-7,12-13,16-17H,3-5,8-11H2,1-2H3/t13?,16-,17-,19?/m1/s1. The number of methoxy groups -OCH3 is 1. The van der Waals surface area contributed by atoms with Crippen LogP contribution in [0.4, 0.5) is 0 Å². The normalized spacial score (nSPS) is 38.8. The summed E-state index contributed by atoms with van der Waals surface area (Å²) in [6.45, 7) is 2.50. The summed E-state index contributed by atoms with van der Waals surface area (Å²) in [6, 6.07) is 6.89. The Morgan fingerprint density at radius 2 is 2.05 bits per heavy atom. The summed E-state index contributed by atoms with van der Waals surface area (Å²) in [5, 5.41) is 0. The molecule has 0 amide bonds. The summed E-state index contributed by atoms with van der Waals surface area (Å²) in [5.41, 5.74) is 3.78. The minimum Gasteiger partial charge on any atom is -0.497 e. The molecule has 0 heterocycles. The van der Waals surface area contributed by atoms with Gasteiger partial charge in [0.1, 0.15) is 5.75 Å². The molecule has 0 N–H and O–H groups in total. The fourth-order valence-corrected chi connectivity index (χ4v) is 5.69. The first-order valence-corrected chi connectivity index (χ1v) is 8.42. The molecule has 0 aromatic heterocycles. The van der Waals surface area contributed by atoms with Crippen molar-refractivity contribution in [3.63, 3.8) is 0 Å². The lowest BCUT2D eigenvalue weighted by atomic mass is 9.47. The third kappa shape index (κ3) is 1.61. The molecule has 2 unspecified atom stereocenters. The molecule has 0 saturated heterocycles. The van der Waals surface area contributed by atoms with Crippen molar-refractivity contribution in [3.05, 3.63) is 29.3 Å². The Morgan fingerprint density at radius 3 is 2.90 bits per heavy atom. The van der Waals surface area contributed by atoms with E-state index in [2.05, 4.69) is 25.1 Å². The van der Waals surface area contributed by atoms with Crippen molar-refractivity contribution in [3.8, 4) is 5.75 Å². The van der Waals surface area contributed by atoms with E-state index >= 15 is 0 Å². The summed E-state index contributed by atoms with van der Waals surface area (Å²) >= 11 is 0. The maximum absolute atomic E-state index is 5.52. The molecule has 2 fully saturated rings. The Labute approximate surface area is 122 Å². The van der Waals surface area contributed by atoms with Gasteiger partial charge in [0, 0.05) is 0 Å². The molecule has 4 atom stereocenters. The van der Waals surface area contributed by atoms with E-state index < -0.39 is 0 Å². The summed E-state index contributed by atoms with van der Waals surface area (Å²) < 4.78 is 5.52. The first-order valence-electron chi connectivity index (χ1n) is 8.42. The van der Waals surface area contributed by atoms with Gasteiger partial charge in [-0.05, 0) is 78.5 Å². The zero-order valence-corrected chi connectivity index (χ0v) is 12.8. The molecule has 3 aliphatic rings. The van der Waals surface area contributed by atoms with Crippen LogP contribution in [0.1, 0.15) is 56.6 Å². The third-order valence-electron chi connectivity index (χ3n) is 6.70. The second-order valence-electron chi connectivity index (χ2n) is 7.42. The van der Waals surface area contributed by atoms with Crippen LogP contribution in [0, 0.1) is 17.8 Å². The minimum absolute atomic E-state index is 0.498. The molecule has 3 aliphatic carbocycles. The van der Waals surface area contributed by atoms with Crippen LogP contribution in [0.5, 0.6) is 5.75 Å². The van der Waals surface area contributed by atoms with Crippen molar-refractivity contribution in [1.82, 2.24) is 0 Å². The predicted molar refractivity (Wildman–Crippen MR) is 82.2 cm³/mol. The van der Waals surface area contributed by atoms with Gasteiger partial charge in [0.2, 0.25) is 0 Å². The maximum atomic E-state index is 5.52. The number of rotatable bonds is 1. The lowest BCUT2D eigenvalue weighted by molar-refractivity contribution is 0.0174. The summed E-state index contributed by atoms with van der Waals surface area (Å²) in [5.74, 6) is 3.85. The number of hydrogen-bond donors (Lipinski definition) is 0. The summed E-state index contributed by atoms with van der Waals surface area (Å²) in [7, 11) is 1.80. The smallest absolute Gasteiger partial charge is 0.119 e. The molecule has 1 heteroatoms. The third-order valence-corrected chi connectivity index (χ3v) is 6.70. The Bertz CT molecular complexity index is 520. The molecule has 1 nitrogen and oxygen atoms in total. The molecule has 108 valence electrons. The topological polar surface area (TPSA) is 9.23 Å². The van der Waals surface area contributed by atoms with E-state index in [1.54, 1.807) is 18.2 Å². The van der Waals surface area contributed by atoms with Crippen LogP contribution in [0.15, 0.2) is 18.2 Å². The molecule has 1 aromatic rings. The van der Waals surface area contributed by atoms with Gasteiger partial charge in [0.25, 0.3) is 0 Å². The van der Waals surface area contributed by atoms with Gasteiger partial charge in [-0.25, -0.2) is 0 Å². The van der Waals surface area contributed by atoms with Crippen LogP contribution in [-0.4, -0.2) is 7.11 Å². The lowest BCUT2D eigenvalue weighted by Gasteiger charge is -2.57. The zero-order chi connectivity index (χ0) is 13.7. The van der Waals surface area contributed by atoms with Gasteiger partial charge in [0.05, 0.1) is 7.11 Å². The van der Waals surface area contributed by atoms with Gasteiger partial charge in [-0.3, -0.25) is 0 Å². The highest BCUT2D eigenvalue weighted by Crippen LogP contribution is 2.60. The first-order chi connectivity index (χ1) is 9.74. The van der Waals surface area contributed by atoms with Crippen molar-refractivity contribution < 1.29 is 4.74 Å². The monoisotopic (exact) mass is 270 g/mol. The van der Waals surface area contributed by atoms with Crippen LogP contribution in [0.25, 0.3) is 0 Å². The molecular formula is C19H26O. The fraction of sp³-hybridized carbons (Fsp3) is 0.684. The van der Waals surface area contributed by atoms with Crippen LogP contribution in [0.2, 0.25) is 0 Å². The Balaban J connectivity index is 1.88. The zero-order valence-electron chi connectivity index (χ0n) is 12.8. The van der Waals surface area contributed by atoms with Crippen molar-refractivity contribution in [2.75, 3.05) is 7.11 Å². The fourth-order valence-electron chi connectivity index (χ4n) is 5.69. The average Bonchev–Trinajstić information content (AvgIpc) is 2.50. The molecule has 1 aromatic carbocycles. The largest absolute Gasteiger partial charge is 0.497 e. The Hall–Kier alpha value is -0.980. The van der Waals surface area contributed by atoms with Gasteiger partial charge in [-0.15, -0.1) is 0 Å². The van der Waals surface area contributed by atoms with Gasteiger partial charge in [0.15, 0.2) is 0 Å². The highest BCUT2D eigenvalue weighted by Gasteiger charge is 2.53. The molecule has 4 rings (SSSR count). The molecule has 2 bridgehead atoms. The first kappa shape index (κ1) is 12.7. The van der Waals surface area contributed by atoms with E-state index in [4.69, 9.17) is 4.74 Å². The van der Waals surface area contributed by atoms with E-state index in [1.165, 1.54) is 44.9 Å². The molecule has 0 spiro atoms. The Kier molecular flexibility index (Phi) is 2.87. The lowest BCUT2D eigenvalue weighted by Crippen LogP contribution is -2.51. The number of fused-ring (bicyclic) bond motifs is 1. The van der Waals surface area contributed by atoms with Gasteiger partial charge < -0.3 is 4.74 Å². The van der Waals surface area contributed by atoms with Gasteiger partial charge >= 0.3 is 0 Å². The molecule has 2 saturated carbocycles. The molecular weight excluding hydrogens is 244 g/mol. The van der Waals surface area contributed by atoms with Crippen LogP contribution < -0.4 is 4.74 Å². The summed E-state index contributed by atoms with van der Waals surface area (Å²) in [6.07, 6.45) is 9.91. The number of benzene rings is 1. The van der Waals surface area contributed by atoms with Crippen LogP contribution in [0.3, 0.4) is 0 Å². The van der Waals surface area contributed by atoms with E-state index in [0.29, 0.717) is 5.41 Å². The number of hydrogen-bond acceptors (Lipinski definition) is 1. The van der Waals surface area contributed by atoms with E-state index in [1.807, 2.05) is 0 Å². The van der Waals surface area contributed by atoms with Crippen LogP contribution in [-0.2, 0) is 11.8 Å². The van der Waals surface area contributed by atoms with Crippen molar-refractivity contribution in [2.24, 2.45) is 17.8 Å². The predicted octanol–water partition coefficient (Wildman–Crippen LogP) is 4.73. The second-order valence-corrected chi connectivity index (χ2v) is 7.42. The van der Waals surface area contributed by atoms with E-state index in [9.17, 15) is 0 Å². The maximum Gasteiger partial charge on any atom is 0.119 e. The summed E-state index contributed by atoms with van der Waals surface area (Å²) in [4.78, 5) is 0. The highest BCUT2D eigenvalue weighted by molar-refractivity contribution is 5.45. The Morgan fingerprint density at radius 1 is 1.15 bits per heavy atom. The second kappa shape index (κ2) is 4.51. The highest BCUT2D eigenvalue weighted by atomic mass is 16.5. The van der Waals surface area contributed by atoms with Crippen molar-refractivity contribution in [2.45, 2.75) is 57.3 Å². The minimum atomic E-state index is 0.498. The van der Waals surface area contributed by atoms with Crippen LogP contribution >= 0.6 is 0 Å². The van der Waals surface area contributed by atoms with E-state index in [-0.39, 0.29) is 0 Å². The van der Waals surface area contributed by atoms with E-state index in [0.717, 1.165) is 23.5 Å². The van der Waals surface area contributed by atoms with Crippen molar-refractivity contribution in [1.29, 1.82) is 0 Å². The molecule has 0 aliphatic heterocycles. The molecule has 0 radical (unpaired) electrons. The SMILES string of the molecule is COc1ccc2c(c1)C13CCCC[C@@H]1[C@H](C2)C(C)CC3. The van der Waals surface area contributed by atoms with Gasteiger partial charge in [-0.1, -0.05) is 25.8 Å².